The van der Waals surface area contributed by atoms with Crippen molar-refractivity contribution in [2.45, 2.75) is 12.6 Å². The van der Waals surface area contributed by atoms with Gasteiger partial charge >= 0.3 is 5.97 Å². The van der Waals surface area contributed by atoms with Gasteiger partial charge in [0.1, 0.15) is 11.9 Å². The minimum absolute atomic E-state index is 0.0189. The van der Waals surface area contributed by atoms with E-state index in [9.17, 15) is 9.18 Å². The molecule has 0 aliphatic heterocycles. The lowest BCUT2D eigenvalue weighted by Gasteiger charge is -2.17. The Labute approximate surface area is 138 Å². The second kappa shape index (κ2) is 7.73. The predicted molar refractivity (Wildman–Crippen MR) is 84.2 cm³/mol. The van der Waals surface area contributed by atoms with Gasteiger partial charge in [0.15, 0.2) is 0 Å². The highest BCUT2D eigenvalue weighted by molar-refractivity contribution is 6.30. The molecule has 2 rings (SSSR count). The SMILES string of the molecule is COC(=O)[C@H](NCc1ccc(F)c(Cl)c1)c1cccc(C#N)c1. The van der Waals surface area contributed by atoms with Crippen LogP contribution >= 0.6 is 11.6 Å². The molecule has 6 heteroatoms. The van der Waals surface area contributed by atoms with Gasteiger partial charge in [0, 0.05) is 6.54 Å². The van der Waals surface area contributed by atoms with E-state index in [0.29, 0.717) is 11.1 Å². The number of hydrogen-bond acceptors (Lipinski definition) is 4. The number of nitriles is 1. The summed E-state index contributed by atoms with van der Waals surface area (Å²) in [6, 6.07) is 12.3. The second-order valence-electron chi connectivity index (χ2n) is 4.82. The number of halogens is 2. The Morgan fingerprint density at radius 3 is 2.83 bits per heavy atom. The van der Waals surface area contributed by atoms with E-state index in [0.717, 1.165) is 5.56 Å². The van der Waals surface area contributed by atoms with Crippen molar-refractivity contribution in [3.8, 4) is 6.07 Å². The van der Waals surface area contributed by atoms with Gasteiger partial charge in [0.05, 0.1) is 23.8 Å². The zero-order valence-electron chi connectivity index (χ0n) is 12.3. The molecule has 0 fully saturated rings. The fourth-order valence-corrected chi connectivity index (χ4v) is 2.32. The number of esters is 1. The van der Waals surface area contributed by atoms with Gasteiger partial charge in [-0.2, -0.15) is 5.26 Å². The number of ether oxygens (including phenoxy) is 1. The highest BCUT2D eigenvalue weighted by Gasteiger charge is 2.21. The van der Waals surface area contributed by atoms with Gasteiger partial charge in [-0.05, 0) is 35.4 Å². The van der Waals surface area contributed by atoms with E-state index in [2.05, 4.69) is 5.32 Å². The summed E-state index contributed by atoms with van der Waals surface area (Å²) in [7, 11) is 1.29. The van der Waals surface area contributed by atoms with Gasteiger partial charge in [0.2, 0.25) is 0 Å². The zero-order valence-corrected chi connectivity index (χ0v) is 13.1. The Kier molecular flexibility index (Phi) is 5.69. The summed E-state index contributed by atoms with van der Waals surface area (Å²) >= 11 is 5.75. The van der Waals surface area contributed by atoms with Crippen LogP contribution < -0.4 is 5.32 Å². The maximum atomic E-state index is 13.2. The average Bonchev–Trinajstić information content (AvgIpc) is 2.58. The number of rotatable bonds is 5. The number of nitrogens with one attached hydrogen (secondary N) is 1. The van der Waals surface area contributed by atoms with Gasteiger partial charge in [0.25, 0.3) is 0 Å². The predicted octanol–water partition coefficient (Wildman–Crippen LogP) is 3.35. The fraction of sp³-hybridized carbons (Fsp3) is 0.176. The summed E-state index contributed by atoms with van der Waals surface area (Å²) in [6.45, 7) is 0.288. The fourth-order valence-electron chi connectivity index (χ4n) is 2.11. The van der Waals surface area contributed by atoms with Crippen molar-refractivity contribution in [1.29, 1.82) is 5.26 Å². The first kappa shape index (κ1) is 16.9. The van der Waals surface area contributed by atoms with Crippen LogP contribution in [0.5, 0.6) is 0 Å². The molecule has 0 aromatic heterocycles. The van der Waals surface area contributed by atoms with Gasteiger partial charge < -0.3 is 4.74 Å². The Hall–Kier alpha value is -2.42. The number of hydrogen-bond donors (Lipinski definition) is 1. The molecular formula is C17H14ClFN2O2. The Morgan fingerprint density at radius 2 is 2.17 bits per heavy atom. The standard InChI is InChI=1S/C17H14ClFN2O2/c1-23-17(22)16(13-4-2-3-11(7-13)9-20)21-10-12-5-6-15(19)14(18)8-12/h2-8,16,21H,10H2,1H3/t16-/m1/s1. The Morgan fingerprint density at radius 1 is 1.39 bits per heavy atom. The monoisotopic (exact) mass is 332 g/mol. The summed E-state index contributed by atoms with van der Waals surface area (Å²) in [6.07, 6.45) is 0. The van der Waals surface area contributed by atoms with Crippen LogP contribution in [-0.4, -0.2) is 13.1 Å². The van der Waals surface area contributed by atoms with Gasteiger partial charge in [-0.25, -0.2) is 9.18 Å². The summed E-state index contributed by atoms with van der Waals surface area (Å²) in [5.41, 5.74) is 1.79. The second-order valence-corrected chi connectivity index (χ2v) is 5.23. The van der Waals surface area contributed by atoms with Crippen molar-refractivity contribution >= 4 is 17.6 Å². The van der Waals surface area contributed by atoms with Crippen LogP contribution in [0.3, 0.4) is 0 Å². The summed E-state index contributed by atoms with van der Waals surface area (Å²) in [5, 5.41) is 12.0. The minimum atomic E-state index is -0.739. The van der Waals surface area contributed by atoms with E-state index in [-0.39, 0.29) is 11.6 Å². The highest BCUT2D eigenvalue weighted by atomic mass is 35.5. The van der Waals surface area contributed by atoms with Crippen LogP contribution in [0, 0.1) is 17.1 Å². The number of benzene rings is 2. The summed E-state index contributed by atoms with van der Waals surface area (Å²) in [5.74, 6) is -0.977. The van der Waals surface area contributed by atoms with Crippen molar-refractivity contribution in [3.05, 3.63) is 70.0 Å². The van der Waals surface area contributed by atoms with Crippen LogP contribution in [0.2, 0.25) is 5.02 Å². The quantitative estimate of drug-likeness (QED) is 0.853. The van der Waals surface area contributed by atoms with Crippen LogP contribution in [-0.2, 0) is 16.1 Å². The van der Waals surface area contributed by atoms with Crippen LogP contribution in [0.1, 0.15) is 22.7 Å². The molecule has 2 aromatic rings. The van der Waals surface area contributed by atoms with E-state index in [4.69, 9.17) is 21.6 Å². The molecule has 0 spiro atoms. The summed E-state index contributed by atoms with van der Waals surface area (Å²) in [4.78, 5) is 12.0. The molecular weight excluding hydrogens is 319 g/mol. The maximum absolute atomic E-state index is 13.2. The smallest absolute Gasteiger partial charge is 0.327 e. The lowest BCUT2D eigenvalue weighted by atomic mass is 10.0. The van der Waals surface area contributed by atoms with Crippen LogP contribution in [0.4, 0.5) is 4.39 Å². The van der Waals surface area contributed by atoms with Crippen molar-refractivity contribution < 1.29 is 13.9 Å². The van der Waals surface area contributed by atoms with Crippen LogP contribution in [0.15, 0.2) is 42.5 Å². The number of methoxy groups -OCH3 is 1. The Bertz CT molecular complexity index is 758. The molecule has 0 aliphatic carbocycles. The minimum Gasteiger partial charge on any atom is -0.468 e. The molecule has 4 nitrogen and oxygen atoms in total. The lowest BCUT2D eigenvalue weighted by Crippen LogP contribution is -2.29. The number of carbonyl (C=O) groups excluding carboxylic acids is 1. The van der Waals surface area contributed by atoms with E-state index < -0.39 is 17.8 Å². The lowest BCUT2D eigenvalue weighted by molar-refractivity contribution is -0.143. The largest absolute Gasteiger partial charge is 0.468 e. The van der Waals surface area contributed by atoms with Crippen molar-refractivity contribution in [2.75, 3.05) is 7.11 Å². The van der Waals surface area contributed by atoms with Gasteiger partial charge in [-0.3, -0.25) is 5.32 Å². The molecule has 0 aliphatic rings. The van der Waals surface area contributed by atoms with E-state index in [1.54, 1.807) is 30.3 Å². The maximum Gasteiger partial charge on any atom is 0.327 e. The van der Waals surface area contributed by atoms with E-state index in [1.807, 2.05) is 6.07 Å². The Balaban J connectivity index is 2.20. The van der Waals surface area contributed by atoms with E-state index >= 15 is 0 Å². The molecule has 2 aromatic carbocycles. The highest BCUT2D eigenvalue weighted by Crippen LogP contribution is 2.19. The molecule has 1 N–H and O–H groups in total. The summed E-state index contributed by atoms with van der Waals surface area (Å²) < 4.78 is 18.0. The molecule has 0 saturated heterocycles. The molecule has 0 saturated carbocycles. The number of carbonyl (C=O) groups is 1. The third kappa shape index (κ3) is 4.28. The molecule has 0 bridgehead atoms. The van der Waals surface area contributed by atoms with Gasteiger partial charge in [-0.15, -0.1) is 0 Å². The average molecular weight is 333 g/mol. The molecule has 1 atom stereocenters. The first-order chi connectivity index (χ1) is 11.0. The molecule has 23 heavy (non-hydrogen) atoms. The first-order valence-electron chi connectivity index (χ1n) is 6.80. The molecule has 0 amide bonds. The normalized spacial score (nSPS) is 11.6. The van der Waals surface area contributed by atoms with Crippen molar-refractivity contribution in [1.82, 2.24) is 5.32 Å². The molecule has 0 unspecified atom stereocenters. The first-order valence-corrected chi connectivity index (χ1v) is 7.18. The topological polar surface area (TPSA) is 62.1 Å². The van der Waals surface area contributed by atoms with Crippen molar-refractivity contribution in [3.63, 3.8) is 0 Å². The zero-order chi connectivity index (χ0) is 16.8. The van der Waals surface area contributed by atoms with Crippen molar-refractivity contribution in [2.24, 2.45) is 0 Å². The molecule has 118 valence electrons. The van der Waals surface area contributed by atoms with Crippen LogP contribution in [0.25, 0.3) is 0 Å². The molecule has 0 radical (unpaired) electrons. The molecule has 0 heterocycles. The number of nitrogens with zero attached hydrogens (tertiary/aromatic N) is 1. The van der Waals surface area contributed by atoms with E-state index in [1.165, 1.54) is 19.2 Å². The third-order valence-electron chi connectivity index (χ3n) is 3.28. The van der Waals surface area contributed by atoms with Gasteiger partial charge in [-0.1, -0.05) is 29.8 Å². The third-order valence-corrected chi connectivity index (χ3v) is 3.57.